The molecule has 0 aliphatic heterocycles. The summed E-state index contributed by atoms with van der Waals surface area (Å²) in [4.78, 5) is 12.2. The summed E-state index contributed by atoms with van der Waals surface area (Å²) in [6, 6.07) is 9.06. The summed E-state index contributed by atoms with van der Waals surface area (Å²) in [5, 5.41) is 5.53. The fraction of sp³-hybridized carbons (Fsp3) is 0.350. The Kier molecular flexibility index (Phi) is 7.88. The lowest BCUT2D eigenvalue weighted by Crippen LogP contribution is -2.36. The predicted octanol–water partition coefficient (Wildman–Crippen LogP) is 3.87. The van der Waals surface area contributed by atoms with Gasteiger partial charge in [0, 0.05) is 18.2 Å². The number of ether oxygens (including phenoxy) is 4. The molecule has 0 aliphatic carbocycles. The van der Waals surface area contributed by atoms with Gasteiger partial charge < -0.3 is 29.6 Å². The van der Waals surface area contributed by atoms with E-state index in [1.54, 1.807) is 32.4 Å². The molecule has 9 heteroatoms. The van der Waals surface area contributed by atoms with Crippen molar-refractivity contribution in [2.24, 2.45) is 0 Å². The Balaban J connectivity index is 1.97. The molecule has 2 amide bonds. The van der Waals surface area contributed by atoms with Gasteiger partial charge >= 0.3 is 12.6 Å². The molecular formula is C20H24F2N2O5. The Labute approximate surface area is 167 Å². The van der Waals surface area contributed by atoms with Gasteiger partial charge in [-0.2, -0.15) is 8.78 Å². The van der Waals surface area contributed by atoms with Crippen molar-refractivity contribution in [1.29, 1.82) is 0 Å². The summed E-state index contributed by atoms with van der Waals surface area (Å²) in [6.45, 7) is -0.956. The third kappa shape index (κ3) is 6.13. The Hall–Kier alpha value is -3.23. The number of amides is 2. The van der Waals surface area contributed by atoms with Gasteiger partial charge in [0.05, 0.1) is 27.4 Å². The molecule has 1 unspecified atom stereocenters. The zero-order valence-electron chi connectivity index (χ0n) is 16.6. The Morgan fingerprint density at radius 2 is 1.69 bits per heavy atom. The van der Waals surface area contributed by atoms with Crippen LogP contribution in [0.3, 0.4) is 0 Å². The first-order valence-corrected chi connectivity index (χ1v) is 8.76. The fourth-order valence-corrected chi connectivity index (χ4v) is 2.70. The van der Waals surface area contributed by atoms with E-state index in [9.17, 15) is 13.6 Å². The van der Waals surface area contributed by atoms with Crippen molar-refractivity contribution in [3.63, 3.8) is 0 Å². The summed E-state index contributed by atoms with van der Waals surface area (Å²) < 4.78 is 44.7. The molecule has 2 aromatic rings. The smallest absolute Gasteiger partial charge is 0.387 e. The van der Waals surface area contributed by atoms with Crippen molar-refractivity contribution >= 4 is 6.03 Å². The number of halogens is 2. The van der Waals surface area contributed by atoms with Gasteiger partial charge in [-0.15, -0.1) is 0 Å². The van der Waals surface area contributed by atoms with Gasteiger partial charge in [-0.25, -0.2) is 4.79 Å². The van der Waals surface area contributed by atoms with E-state index in [1.807, 2.05) is 13.0 Å². The number of urea groups is 1. The summed E-state index contributed by atoms with van der Waals surface area (Å²) in [5.41, 5.74) is 1.45. The maximum atomic E-state index is 12.4. The maximum Gasteiger partial charge on any atom is 0.387 e. The number of nitrogens with one attached hydrogen (secondary N) is 2. The average Bonchev–Trinajstić information content (AvgIpc) is 2.71. The van der Waals surface area contributed by atoms with Gasteiger partial charge in [0.1, 0.15) is 11.5 Å². The molecule has 7 nitrogen and oxygen atoms in total. The summed E-state index contributed by atoms with van der Waals surface area (Å²) in [6.07, 6.45) is 0. The molecule has 0 aliphatic rings. The van der Waals surface area contributed by atoms with Crippen molar-refractivity contribution in [2.75, 3.05) is 21.3 Å². The van der Waals surface area contributed by atoms with Crippen LogP contribution in [0.4, 0.5) is 13.6 Å². The molecule has 0 radical (unpaired) electrons. The molecule has 158 valence electrons. The lowest BCUT2D eigenvalue weighted by molar-refractivity contribution is -0.0512. The van der Waals surface area contributed by atoms with Gasteiger partial charge in [-0.3, -0.25) is 0 Å². The lowest BCUT2D eigenvalue weighted by Gasteiger charge is -2.18. The molecule has 29 heavy (non-hydrogen) atoms. The van der Waals surface area contributed by atoms with Crippen LogP contribution < -0.4 is 29.6 Å². The highest BCUT2D eigenvalue weighted by Gasteiger charge is 2.15. The number of methoxy groups -OCH3 is 3. The third-order valence-electron chi connectivity index (χ3n) is 4.15. The third-order valence-corrected chi connectivity index (χ3v) is 4.15. The number of benzene rings is 2. The SMILES string of the molecule is COc1ccc(C(C)NC(=O)NCc2ccc(OC(F)F)c(OC)c2)c(OC)c1. The van der Waals surface area contributed by atoms with E-state index in [-0.39, 0.29) is 24.1 Å². The largest absolute Gasteiger partial charge is 0.497 e. The number of carbonyl (C=O) groups is 1. The van der Waals surface area contributed by atoms with Gasteiger partial charge in [-0.1, -0.05) is 6.07 Å². The summed E-state index contributed by atoms with van der Waals surface area (Å²) in [7, 11) is 4.45. The summed E-state index contributed by atoms with van der Waals surface area (Å²) in [5.74, 6) is 1.32. The number of rotatable bonds is 9. The predicted molar refractivity (Wildman–Crippen MR) is 103 cm³/mol. The molecule has 0 saturated carbocycles. The van der Waals surface area contributed by atoms with Crippen LogP contribution in [-0.2, 0) is 6.54 Å². The molecule has 0 saturated heterocycles. The van der Waals surface area contributed by atoms with Gasteiger partial charge in [-0.05, 0) is 36.8 Å². The quantitative estimate of drug-likeness (QED) is 0.656. The molecule has 2 N–H and O–H groups in total. The lowest BCUT2D eigenvalue weighted by atomic mass is 10.1. The van der Waals surface area contributed by atoms with Crippen LogP contribution in [0.25, 0.3) is 0 Å². The Bertz CT molecular complexity index is 833. The fourth-order valence-electron chi connectivity index (χ4n) is 2.70. The minimum Gasteiger partial charge on any atom is -0.497 e. The maximum absolute atomic E-state index is 12.4. The number of hydrogen-bond donors (Lipinski definition) is 2. The molecular weight excluding hydrogens is 386 g/mol. The zero-order valence-corrected chi connectivity index (χ0v) is 16.6. The van der Waals surface area contributed by atoms with Crippen LogP contribution in [0, 0.1) is 0 Å². The van der Waals surface area contributed by atoms with Gasteiger partial charge in [0.25, 0.3) is 0 Å². The Morgan fingerprint density at radius 3 is 2.31 bits per heavy atom. The van der Waals surface area contributed by atoms with Crippen LogP contribution in [0.5, 0.6) is 23.0 Å². The zero-order chi connectivity index (χ0) is 21.4. The molecule has 0 spiro atoms. The highest BCUT2D eigenvalue weighted by Crippen LogP contribution is 2.30. The van der Waals surface area contributed by atoms with Crippen molar-refractivity contribution in [3.05, 3.63) is 47.5 Å². The normalized spacial score (nSPS) is 11.6. The number of hydrogen-bond acceptors (Lipinski definition) is 5. The van der Waals surface area contributed by atoms with Crippen LogP contribution in [-0.4, -0.2) is 34.0 Å². The van der Waals surface area contributed by atoms with Gasteiger partial charge in [0.2, 0.25) is 0 Å². The number of carbonyl (C=O) groups excluding carboxylic acids is 1. The second-order valence-corrected chi connectivity index (χ2v) is 6.02. The van der Waals surface area contributed by atoms with E-state index in [4.69, 9.17) is 14.2 Å². The van der Waals surface area contributed by atoms with E-state index in [1.165, 1.54) is 19.2 Å². The molecule has 0 fully saturated rings. The monoisotopic (exact) mass is 410 g/mol. The van der Waals surface area contributed by atoms with E-state index in [0.717, 1.165) is 5.56 Å². The second kappa shape index (κ2) is 10.4. The van der Waals surface area contributed by atoms with E-state index in [0.29, 0.717) is 17.1 Å². The first-order chi connectivity index (χ1) is 13.9. The molecule has 2 aromatic carbocycles. The van der Waals surface area contributed by atoms with Crippen LogP contribution >= 0.6 is 0 Å². The minimum atomic E-state index is -2.95. The van der Waals surface area contributed by atoms with Crippen molar-refractivity contribution in [2.45, 2.75) is 26.1 Å². The molecule has 0 heterocycles. The van der Waals surface area contributed by atoms with Crippen molar-refractivity contribution < 1.29 is 32.5 Å². The topological polar surface area (TPSA) is 78.1 Å². The number of alkyl halides is 2. The highest BCUT2D eigenvalue weighted by molar-refractivity contribution is 5.74. The standard InChI is InChI=1S/C20H24F2N2O5/c1-12(15-7-6-14(26-2)10-17(15)27-3)24-20(25)23-11-13-5-8-16(29-19(21)22)18(9-13)28-4/h5-10,12,19H,11H2,1-4H3,(H2,23,24,25). The first kappa shape index (κ1) is 22.1. The van der Waals surface area contributed by atoms with E-state index in [2.05, 4.69) is 15.4 Å². The highest BCUT2D eigenvalue weighted by atomic mass is 19.3. The van der Waals surface area contributed by atoms with Crippen LogP contribution in [0.15, 0.2) is 36.4 Å². The second-order valence-electron chi connectivity index (χ2n) is 6.02. The van der Waals surface area contributed by atoms with Crippen molar-refractivity contribution in [3.8, 4) is 23.0 Å². The molecule has 1 atom stereocenters. The Morgan fingerprint density at radius 1 is 0.966 bits per heavy atom. The minimum absolute atomic E-state index is 0.0732. The first-order valence-electron chi connectivity index (χ1n) is 8.76. The van der Waals surface area contributed by atoms with E-state index < -0.39 is 12.6 Å². The van der Waals surface area contributed by atoms with E-state index >= 15 is 0 Å². The van der Waals surface area contributed by atoms with Crippen molar-refractivity contribution in [1.82, 2.24) is 10.6 Å². The van der Waals surface area contributed by atoms with Crippen LogP contribution in [0.2, 0.25) is 0 Å². The molecule has 0 bridgehead atoms. The van der Waals surface area contributed by atoms with Crippen LogP contribution in [0.1, 0.15) is 24.1 Å². The average molecular weight is 410 g/mol. The van der Waals surface area contributed by atoms with Gasteiger partial charge in [0.15, 0.2) is 11.5 Å². The molecule has 0 aromatic heterocycles. The molecule has 2 rings (SSSR count). The summed E-state index contributed by atoms with van der Waals surface area (Å²) >= 11 is 0.